The topological polar surface area (TPSA) is 56.2 Å². The number of nitrogens with two attached hydrogens (primary N) is 1. The highest BCUT2D eigenvalue weighted by Gasteiger charge is 2.16. The normalized spacial score (nSPS) is 11.1. The van der Waals surface area contributed by atoms with Gasteiger partial charge in [0.15, 0.2) is 0 Å². The van der Waals surface area contributed by atoms with Crippen molar-refractivity contribution >= 4 is 5.52 Å². The molecule has 0 amide bonds. The van der Waals surface area contributed by atoms with Crippen LogP contribution in [-0.4, -0.2) is 14.6 Å². The Morgan fingerprint density at radius 1 is 1.00 bits per heavy atom. The van der Waals surface area contributed by atoms with E-state index in [0.717, 1.165) is 33.5 Å². The van der Waals surface area contributed by atoms with Crippen LogP contribution < -0.4 is 5.73 Å². The summed E-state index contributed by atoms with van der Waals surface area (Å²) in [7, 11) is 0. The van der Waals surface area contributed by atoms with Crippen molar-refractivity contribution in [1.82, 2.24) is 14.6 Å². The van der Waals surface area contributed by atoms with E-state index in [1.807, 2.05) is 35.0 Å². The molecule has 0 spiro atoms. The minimum Gasteiger partial charge on any atom is -0.326 e. The summed E-state index contributed by atoms with van der Waals surface area (Å²) >= 11 is 0. The Bertz CT molecular complexity index is 991. The van der Waals surface area contributed by atoms with Crippen molar-refractivity contribution in [3.8, 4) is 22.4 Å². The monoisotopic (exact) mass is 318 g/mol. The summed E-state index contributed by atoms with van der Waals surface area (Å²) < 4.78 is 15.1. The van der Waals surface area contributed by atoms with Crippen LogP contribution in [0.2, 0.25) is 0 Å². The van der Waals surface area contributed by atoms with E-state index in [1.165, 1.54) is 12.1 Å². The van der Waals surface area contributed by atoms with Gasteiger partial charge < -0.3 is 5.73 Å². The highest BCUT2D eigenvalue weighted by Crippen LogP contribution is 2.34. The zero-order chi connectivity index (χ0) is 16.5. The van der Waals surface area contributed by atoms with Crippen LogP contribution in [0.4, 0.5) is 4.39 Å². The maximum atomic E-state index is 13.3. The van der Waals surface area contributed by atoms with Gasteiger partial charge in [0.25, 0.3) is 0 Å². The third-order valence-electron chi connectivity index (χ3n) is 3.99. The predicted molar refractivity (Wildman–Crippen MR) is 91.7 cm³/mol. The van der Waals surface area contributed by atoms with E-state index < -0.39 is 0 Å². The SMILES string of the molecule is NCc1ccc2c(-c3cccnc3)c(-c3ccc(F)cc3)nn2c1. The van der Waals surface area contributed by atoms with Crippen LogP contribution in [-0.2, 0) is 6.54 Å². The first-order chi connectivity index (χ1) is 11.8. The fourth-order valence-corrected chi connectivity index (χ4v) is 2.82. The number of halogens is 1. The molecule has 118 valence electrons. The molecule has 0 atom stereocenters. The molecule has 0 fully saturated rings. The van der Waals surface area contributed by atoms with E-state index in [4.69, 9.17) is 10.8 Å². The maximum Gasteiger partial charge on any atom is 0.123 e. The fourth-order valence-electron chi connectivity index (χ4n) is 2.82. The Hall–Kier alpha value is -3.05. The summed E-state index contributed by atoms with van der Waals surface area (Å²) in [5.41, 5.74) is 11.3. The third-order valence-corrected chi connectivity index (χ3v) is 3.99. The maximum absolute atomic E-state index is 13.3. The second kappa shape index (κ2) is 5.86. The molecule has 0 aliphatic heterocycles. The number of rotatable bonds is 3. The molecule has 3 heterocycles. The molecular formula is C19H15FN4. The molecule has 4 rings (SSSR count). The smallest absolute Gasteiger partial charge is 0.123 e. The minimum atomic E-state index is -0.268. The zero-order valence-electron chi connectivity index (χ0n) is 12.9. The molecule has 4 aromatic rings. The second-order valence-corrected chi connectivity index (χ2v) is 5.54. The number of hydrogen-bond acceptors (Lipinski definition) is 3. The van der Waals surface area contributed by atoms with Gasteiger partial charge in [0.05, 0.1) is 5.52 Å². The van der Waals surface area contributed by atoms with E-state index in [9.17, 15) is 4.39 Å². The Labute approximate surface area is 138 Å². The number of aromatic nitrogens is 3. The van der Waals surface area contributed by atoms with E-state index in [0.29, 0.717) is 6.54 Å². The lowest BCUT2D eigenvalue weighted by molar-refractivity contribution is 0.628. The standard InChI is InChI=1S/C19H15FN4/c20-16-6-4-14(5-7-16)19-18(15-2-1-9-22-11-15)17-8-3-13(10-21)12-24(17)23-19/h1-9,11-12H,10,21H2. The lowest BCUT2D eigenvalue weighted by atomic mass is 10.0. The van der Waals surface area contributed by atoms with Crippen LogP contribution in [0, 0.1) is 5.82 Å². The summed E-state index contributed by atoms with van der Waals surface area (Å²) in [4.78, 5) is 4.21. The molecule has 0 aliphatic carbocycles. The van der Waals surface area contributed by atoms with Crippen molar-refractivity contribution in [2.45, 2.75) is 6.54 Å². The van der Waals surface area contributed by atoms with Crippen molar-refractivity contribution < 1.29 is 4.39 Å². The largest absolute Gasteiger partial charge is 0.326 e. The van der Waals surface area contributed by atoms with Gasteiger partial charge in [0.1, 0.15) is 11.5 Å². The van der Waals surface area contributed by atoms with Crippen LogP contribution in [0.25, 0.3) is 27.9 Å². The van der Waals surface area contributed by atoms with Crippen molar-refractivity contribution in [3.05, 3.63) is 78.5 Å². The molecule has 0 radical (unpaired) electrons. The Morgan fingerprint density at radius 2 is 1.83 bits per heavy atom. The van der Waals surface area contributed by atoms with Crippen molar-refractivity contribution in [2.24, 2.45) is 5.73 Å². The van der Waals surface area contributed by atoms with E-state index in [-0.39, 0.29) is 5.82 Å². The van der Waals surface area contributed by atoms with Gasteiger partial charge >= 0.3 is 0 Å². The van der Waals surface area contributed by atoms with Gasteiger partial charge in [-0.15, -0.1) is 0 Å². The van der Waals surface area contributed by atoms with Crippen molar-refractivity contribution in [1.29, 1.82) is 0 Å². The van der Waals surface area contributed by atoms with Gasteiger partial charge in [-0.2, -0.15) is 5.10 Å². The van der Waals surface area contributed by atoms with E-state index in [2.05, 4.69) is 4.98 Å². The predicted octanol–water partition coefficient (Wildman–Crippen LogP) is 3.66. The molecule has 0 saturated carbocycles. The summed E-state index contributed by atoms with van der Waals surface area (Å²) in [6.07, 6.45) is 5.46. The molecule has 4 nitrogen and oxygen atoms in total. The molecular weight excluding hydrogens is 303 g/mol. The van der Waals surface area contributed by atoms with Crippen LogP contribution in [0.1, 0.15) is 5.56 Å². The highest BCUT2D eigenvalue weighted by atomic mass is 19.1. The molecule has 5 heteroatoms. The number of benzene rings is 1. The van der Waals surface area contributed by atoms with Gasteiger partial charge in [-0.25, -0.2) is 8.91 Å². The van der Waals surface area contributed by atoms with E-state index in [1.54, 1.807) is 24.5 Å². The number of hydrogen-bond donors (Lipinski definition) is 1. The molecule has 0 saturated heterocycles. The van der Waals surface area contributed by atoms with Gasteiger partial charge in [-0.3, -0.25) is 4.98 Å². The quantitative estimate of drug-likeness (QED) is 0.627. The van der Waals surface area contributed by atoms with Crippen molar-refractivity contribution in [3.63, 3.8) is 0 Å². The first kappa shape index (κ1) is 14.5. The number of pyridine rings is 2. The Kier molecular flexibility index (Phi) is 3.55. The average Bonchev–Trinajstić information content (AvgIpc) is 3.01. The fraction of sp³-hybridized carbons (Fsp3) is 0.0526. The Balaban J connectivity index is 2.02. The summed E-state index contributed by atoms with van der Waals surface area (Å²) in [6.45, 7) is 0.448. The van der Waals surface area contributed by atoms with Gasteiger partial charge in [-0.05, 0) is 42.0 Å². The third kappa shape index (κ3) is 2.45. The van der Waals surface area contributed by atoms with E-state index >= 15 is 0 Å². The number of nitrogens with zero attached hydrogens (tertiary/aromatic N) is 3. The highest BCUT2D eigenvalue weighted by molar-refractivity contribution is 5.91. The van der Waals surface area contributed by atoms with Gasteiger partial charge in [0.2, 0.25) is 0 Å². The minimum absolute atomic E-state index is 0.268. The van der Waals surface area contributed by atoms with Crippen molar-refractivity contribution in [2.75, 3.05) is 0 Å². The molecule has 0 unspecified atom stereocenters. The molecule has 0 bridgehead atoms. The number of fused-ring (bicyclic) bond motifs is 1. The van der Waals surface area contributed by atoms with Gasteiger partial charge in [-0.1, -0.05) is 12.1 Å². The lowest BCUT2D eigenvalue weighted by Crippen LogP contribution is -1.98. The Morgan fingerprint density at radius 3 is 2.54 bits per heavy atom. The molecule has 3 aromatic heterocycles. The van der Waals surface area contributed by atoms with Crippen LogP contribution in [0.3, 0.4) is 0 Å². The first-order valence-corrected chi connectivity index (χ1v) is 7.64. The second-order valence-electron chi connectivity index (χ2n) is 5.54. The zero-order valence-corrected chi connectivity index (χ0v) is 12.9. The summed E-state index contributed by atoms with van der Waals surface area (Å²) in [5.74, 6) is -0.268. The lowest BCUT2D eigenvalue weighted by Gasteiger charge is -2.04. The average molecular weight is 318 g/mol. The van der Waals surface area contributed by atoms with Crippen LogP contribution in [0.15, 0.2) is 67.1 Å². The van der Waals surface area contributed by atoms with Crippen LogP contribution >= 0.6 is 0 Å². The molecule has 24 heavy (non-hydrogen) atoms. The van der Waals surface area contributed by atoms with Gasteiger partial charge in [0, 0.05) is 41.8 Å². The molecule has 0 aliphatic rings. The summed E-state index contributed by atoms with van der Waals surface area (Å²) in [6, 6.07) is 14.2. The molecule has 2 N–H and O–H groups in total. The molecule has 1 aromatic carbocycles. The first-order valence-electron chi connectivity index (χ1n) is 7.64. The van der Waals surface area contributed by atoms with Crippen LogP contribution in [0.5, 0.6) is 0 Å². The summed E-state index contributed by atoms with van der Waals surface area (Å²) in [5, 5.41) is 4.71.